The van der Waals surface area contributed by atoms with Gasteiger partial charge in [0.15, 0.2) is 5.78 Å². The van der Waals surface area contributed by atoms with Crippen molar-refractivity contribution in [3.8, 4) is 0 Å². The second kappa shape index (κ2) is 6.04. The zero-order valence-electron chi connectivity index (χ0n) is 10.7. The summed E-state index contributed by atoms with van der Waals surface area (Å²) in [5.74, 6) is -0.738. The van der Waals surface area contributed by atoms with Crippen molar-refractivity contribution < 1.29 is 22.7 Å². The molecule has 0 spiro atoms. The molecule has 0 rings (SSSR count). The van der Waals surface area contributed by atoms with Crippen LogP contribution in [0, 0.1) is 0 Å². The van der Waals surface area contributed by atoms with Gasteiger partial charge in [0.1, 0.15) is 5.70 Å². The summed E-state index contributed by atoms with van der Waals surface area (Å²) in [7, 11) is 0. The number of allylic oxidation sites excluding steroid dienone is 3. The maximum atomic E-state index is 12.4. The lowest BCUT2D eigenvalue weighted by atomic mass is 9.96. The third-order valence-corrected chi connectivity index (χ3v) is 2.22. The first-order valence-corrected chi connectivity index (χ1v) is 5.41. The fraction of sp³-hybridized carbons (Fsp3) is 0.583. The van der Waals surface area contributed by atoms with Crippen molar-refractivity contribution in [2.24, 2.45) is 5.73 Å². The molecule has 104 valence electrons. The van der Waals surface area contributed by atoms with Gasteiger partial charge in [-0.3, -0.25) is 4.79 Å². The number of rotatable bonds is 6. The molecule has 0 unspecified atom stereocenters. The normalized spacial score (nSPS) is 14.1. The molecule has 0 aliphatic heterocycles. The minimum Gasteiger partial charge on any atom is -0.394 e. The molecule has 0 aromatic rings. The van der Waals surface area contributed by atoms with Gasteiger partial charge in [0.25, 0.3) is 0 Å². The van der Waals surface area contributed by atoms with Crippen molar-refractivity contribution in [1.82, 2.24) is 0 Å². The minimum absolute atomic E-state index is 0.195. The van der Waals surface area contributed by atoms with Gasteiger partial charge in [-0.15, -0.1) is 0 Å². The molecule has 0 aliphatic rings. The van der Waals surface area contributed by atoms with Gasteiger partial charge < -0.3 is 10.5 Å². The number of ketones is 1. The summed E-state index contributed by atoms with van der Waals surface area (Å²) in [6.45, 7) is 8.54. The molecule has 0 atom stereocenters. The summed E-state index contributed by atoms with van der Waals surface area (Å²) in [6.07, 6.45) is -4.11. The van der Waals surface area contributed by atoms with Crippen LogP contribution >= 0.6 is 0 Å². The number of carbonyl (C=O) groups is 1. The number of hydrogen-bond donors (Lipinski definition) is 1. The van der Waals surface area contributed by atoms with Gasteiger partial charge in [0, 0.05) is 18.6 Å². The van der Waals surface area contributed by atoms with Crippen molar-refractivity contribution in [2.45, 2.75) is 39.0 Å². The van der Waals surface area contributed by atoms with E-state index in [1.807, 2.05) is 0 Å². The molecule has 0 bridgehead atoms. The third kappa shape index (κ3) is 4.91. The third-order valence-electron chi connectivity index (χ3n) is 2.22. The first kappa shape index (κ1) is 16.7. The largest absolute Gasteiger partial charge is 0.431 e. The highest BCUT2D eigenvalue weighted by Crippen LogP contribution is 2.27. The monoisotopic (exact) mass is 265 g/mol. The van der Waals surface area contributed by atoms with Crippen molar-refractivity contribution in [3.05, 3.63) is 23.9 Å². The van der Waals surface area contributed by atoms with E-state index < -0.39 is 28.8 Å². The van der Waals surface area contributed by atoms with Gasteiger partial charge in [-0.1, -0.05) is 12.7 Å². The zero-order valence-corrected chi connectivity index (χ0v) is 10.7. The number of nitrogens with two attached hydrogens (primary N) is 1. The van der Waals surface area contributed by atoms with E-state index in [0.717, 1.165) is 6.08 Å². The van der Waals surface area contributed by atoms with E-state index in [4.69, 9.17) is 10.5 Å². The van der Waals surface area contributed by atoms with Crippen molar-refractivity contribution in [2.75, 3.05) is 6.61 Å². The molecule has 0 amide bonds. The molecule has 0 saturated heterocycles. The zero-order chi connectivity index (χ0) is 14.6. The SMILES string of the molecule is C=CC(C(=O)CC(C)(C)OCC)=C(N)C(F)(F)F. The van der Waals surface area contributed by atoms with Crippen molar-refractivity contribution >= 4 is 5.78 Å². The van der Waals surface area contributed by atoms with Gasteiger partial charge in [-0.25, -0.2) is 0 Å². The minimum atomic E-state index is -4.74. The summed E-state index contributed by atoms with van der Waals surface area (Å²) in [5, 5.41) is 0. The Labute approximate surface area is 104 Å². The molecule has 18 heavy (non-hydrogen) atoms. The van der Waals surface area contributed by atoms with Crippen LogP contribution in [-0.2, 0) is 9.53 Å². The maximum absolute atomic E-state index is 12.4. The standard InChI is InChI=1S/C12H18F3NO2/c1-5-8(10(16)12(13,14)15)9(17)7-11(3,4)18-6-2/h5H,1,6-7,16H2,2-4H3. The van der Waals surface area contributed by atoms with Crippen LogP contribution in [-0.4, -0.2) is 24.2 Å². The maximum Gasteiger partial charge on any atom is 0.431 e. The number of ether oxygens (including phenoxy) is 1. The number of Topliss-reactive ketones (excluding diaryl/α,β-unsaturated/α-hetero) is 1. The first-order valence-electron chi connectivity index (χ1n) is 5.41. The lowest BCUT2D eigenvalue weighted by Gasteiger charge is -2.24. The predicted molar refractivity (Wildman–Crippen MR) is 62.8 cm³/mol. The van der Waals surface area contributed by atoms with E-state index >= 15 is 0 Å². The van der Waals surface area contributed by atoms with Crippen LogP contribution in [0.15, 0.2) is 23.9 Å². The molecule has 0 aromatic carbocycles. The smallest absolute Gasteiger partial charge is 0.394 e. The highest BCUT2D eigenvalue weighted by atomic mass is 19.4. The number of carbonyl (C=O) groups excluding carboxylic acids is 1. The fourth-order valence-corrected chi connectivity index (χ4v) is 1.45. The van der Waals surface area contributed by atoms with Gasteiger partial charge in [0.05, 0.1) is 5.60 Å². The Hall–Kier alpha value is -1.30. The Kier molecular flexibility index (Phi) is 5.60. The molecule has 0 aliphatic carbocycles. The molecule has 6 heteroatoms. The van der Waals surface area contributed by atoms with E-state index in [2.05, 4.69) is 6.58 Å². The van der Waals surface area contributed by atoms with Crippen LogP contribution in [0.5, 0.6) is 0 Å². The van der Waals surface area contributed by atoms with Crippen molar-refractivity contribution in [1.29, 1.82) is 0 Å². The van der Waals surface area contributed by atoms with Crippen molar-refractivity contribution in [3.63, 3.8) is 0 Å². The van der Waals surface area contributed by atoms with E-state index in [-0.39, 0.29) is 6.42 Å². The predicted octanol–water partition coefficient (Wildman–Crippen LogP) is 2.72. The van der Waals surface area contributed by atoms with E-state index in [0.29, 0.717) is 6.61 Å². The Morgan fingerprint density at radius 2 is 1.89 bits per heavy atom. The highest BCUT2D eigenvalue weighted by Gasteiger charge is 2.36. The molecule has 0 heterocycles. The van der Waals surface area contributed by atoms with Gasteiger partial charge in [-0.2, -0.15) is 13.2 Å². The van der Waals surface area contributed by atoms with Crippen LogP contribution in [0.25, 0.3) is 0 Å². The molecule has 0 fully saturated rings. The van der Waals surface area contributed by atoms with Gasteiger partial charge in [-0.05, 0) is 20.8 Å². The second-order valence-electron chi connectivity index (χ2n) is 4.32. The van der Waals surface area contributed by atoms with Crippen LogP contribution < -0.4 is 5.73 Å². The van der Waals surface area contributed by atoms with Crippen LogP contribution in [0.4, 0.5) is 13.2 Å². The lowest BCUT2D eigenvalue weighted by Crippen LogP contribution is -2.31. The molecular weight excluding hydrogens is 247 g/mol. The average molecular weight is 265 g/mol. The lowest BCUT2D eigenvalue weighted by molar-refractivity contribution is -0.122. The van der Waals surface area contributed by atoms with E-state index in [9.17, 15) is 18.0 Å². The summed E-state index contributed by atoms with van der Waals surface area (Å²) in [5.41, 5.74) is 2.04. The Morgan fingerprint density at radius 3 is 2.22 bits per heavy atom. The molecule has 0 radical (unpaired) electrons. The molecular formula is C12H18F3NO2. The van der Waals surface area contributed by atoms with E-state index in [1.54, 1.807) is 20.8 Å². The van der Waals surface area contributed by atoms with Gasteiger partial charge >= 0.3 is 6.18 Å². The second-order valence-corrected chi connectivity index (χ2v) is 4.32. The molecule has 3 nitrogen and oxygen atoms in total. The summed E-state index contributed by atoms with van der Waals surface area (Å²) < 4.78 is 42.5. The first-order chi connectivity index (χ1) is 8.05. The molecule has 0 saturated carbocycles. The van der Waals surface area contributed by atoms with Crippen LogP contribution in [0.3, 0.4) is 0 Å². The highest BCUT2D eigenvalue weighted by molar-refractivity contribution is 5.99. The number of hydrogen-bond acceptors (Lipinski definition) is 3. The Bertz CT molecular complexity index is 357. The van der Waals surface area contributed by atoms with Crippen LogP contribution in [0.2, 0.25) is 0 Å². The molecule has 2 N–H and O–H groups in total. The summed E-state index contributed by atoms with van der Waals surface area (Å²) >= 11 is 0. The van der Waals surface area contributed by atoms with E-state index in [1.165, 1.54) is 0 Å². The van der Waals surface area contributed by atoms with Gasteiger partial charge in [0.2, 0.25) is 0 Å². The summed E-state index contributed by atoms with van der Waals surface area (Å²) in [6, 6.07) is 0. The summed E-state index contributed by atoms with van der Waals surface area (Å²) in [4.78, 5) is 11.8. The fourth-order valence-electron chi connectivity index (χ4n) is 1.45. The van der Waals surface area contributed by atoms with Crippen LogP contribution in [0.1, 0.15) is 27.2 Å². The quantitative estimate of drug-likeness (QED) is 0.593. The topological polar surface area (TPSA) is 52.3 Å². The Morgan fingerprint density at radius 1 is 1.39 bits per heavy atom. The number of alkyl halides is 3. The average Bonchev–Trinajstić information content (AvgIpc) is 2.15. The molecule has 0 aromatic heterocycles. The number of halogens is 3. The Balaban J connectivity index is 5.13.